The van der Waals surface area contributed by atoms with Crippen LogP contribution in [-0.2, 0) is 0 Å². The molecule has 0 aromatic heterocycles. The van der Waals surface area contributed by atoms with Gasteiger partial charge < -0.3 is 15.4 Å². The highest BCUT2D eigenvalue weighted by Crippen LogP contribution is 2.28. The number of hydrogen-bond donors (Lipinski definition) is 2. The summed E-state index contributed by atoms with van der Waals surface area (Å²) in [4.78, 5) is 0. The first-order chi connectivity index (χ1) is 8.79. The molecule has 1 heterocycles. The van der Waals surface area contributed by atoms with E-state index in [0.717, 1.165) is 34.9 Å². The lowest BCUT2D eigenvalue weighted by Gasteiger charge is -2.23. The van der Waals surface area contributed by atoms with Crippen LogP contribution >= 0.6 is 15.9 Å². The smallest absolute Gasteiger partial charge is 0.142 e. The van der Waals surface area contributed by atoms with Crippen LogP contribution < -0.4 is 15.4 Å². The van der Waals surface area contributed by atoms with Crippen LogP contribution in [0.15, 0.2) is 22.7 Å². The zero-order valence-electron chi connectivity index (χ0n) is 10.8. The van der Waals surface area contributed by atoms with E-state index in [4.69, 9.17) is 4.74 Å². The average molecular weight is 313 g/mol. The lowest BCUT2D eigenvalue weighted by Crippen LogP contribution is -2.30. The third-order valence-electron chi connectivity index (χ3n) is 3.43. The average Bonchev–Trinajstić information content (AvgIpc) is 2.40. The van der Waals surface area contributed by atoms with E-state index in [1.54, 1.807) is 7.11 Å². The summed E-state index contributed by atoms with van der Waals surface area (Å²) in [6.45, 7) is 3.35. The largest absolute Gasteiger partial charge is 0.495 e. The molecule has 1 aliphatic rings. The third-order valence-corrected chi connectivity index (χ3v) is 3.92. The Morgan fingerprint density at radius 1 is 1.50 bits per heavy atom. The van der Waals surface area contributed by atoms with Crippen LogP contribution in [0.3, 0.4) is 0 Å². The Labute approximate surface area is 117 Å². The first kappa shape index (κ1) is 13.7. The van der Waals surface area contributed by atoms with Gasteiger partial charge in [0.15, 0.2) is 0 Å². The lowest BCUT2D eigenvalue weighted by molar-refractivity contribution is 0.364. The van der Waals surface area contributed by atoms with Gasteiger partial charge in [-0.15, -0.1) is 0 Å². The van der Waals surface area contributed by atoms with E-state index >= 15 is 0 Å². The van der Waals surface area contributed by atoms with Crippen LogP contribution in [-0.4, -0.2) is 26.7 Å². The molecule has 1 aromatic rings. The monoisotopic (exact) mass is 312 g/mol. The molecular weight excluding hydrogens is 292 g/mol. The van der Waals surface area contributed by atoms with Gasteiger partial charge in [-0.05, 0) is 56.5 Å². The Bertz CT molecular complexity index is 378. The van der Waals surface area contributed by atoms with Crippen molar-refractivity contribution in [3.63, 3.8) is 0 Å². The quantitative estimate of drug-likeness (QED) is 0.875. The second kappa shape index (κ2) is 7.00. The minimum absolute atomic E-state index is 0.810. The number of hydrogen-bond acceptors (Lipinski definition) is 3. The molecule has 2 N–H and O–H groups in total. The van der Waals surface area contributed by atoms with Gasteiger partial charge in [0.1, 0.15) is 5.75 Å². The van der Waals surface area contributed by atoms with Crippen LogP contribution in [0, 0.1) is 5.92 Å². The Balaban J connectivity index is 1.83. The number of benzene rings is 1. The molecule has 3 nitrogen and oxygen atoms in total. The highest BCUT2D eigenvalue weighted by molar-refractivity contribution is 9.10. The zero-order chi connectivity index (χ0) is 12.8. The van der Waals surface area contributed by atoms with Crippen LogP contribution in [0.4, 0.5) is 5.69 Å². The van der Waals surface area contributed by atoms with Crippen molar-refractivity contribution in [3.05, 3.63) is 22.7 Å². The Morgan fingerprint density at radius 3 is 3.11 bits per heavy atom. The summed E-state index contributed by atoms with van der Waals surface area (Å²) in [5.41, 5.74) is 1.07. The van der Waals surface area contributed by atoms with Gasteiger partial charge in [-0.25, -0.2) is 0 Å². The fourth-order valence-corrected chi connectivity index (χ4v) is 2.76. The number of methoxy groups -OCH3 is 1. The molecular formula is C14H21BrN2O. The van der Waals surface area contributed by atoms with Crippen molar-refractivity contribution in [1.82, 2.24) is 5.32 Å². The van der Waals surface area contributed by atoms with E-state index in [1.165, 1.54) is 25.8 Å². The summed E-state index contributed by atoms with van der Waals surface area (Å²) >= 11 is 3.49. The maximum absolute atomic E-state index is 5.35. The molecule has 100 valence electrons. The lowest BCUT2D eigenvalue weighted by atomic mass is 9.96. The SMILES string of the molecule is COc1ccc(Br)cc1NCCC1CCCNC1. The second-order valence-corrected chi connectivity index (χ2v) is 5.69. The van der Waals surface area contributed by atoms with Gasteiger partial charge in [-0.2, -0.15) is 0 Å². The molecule has 1 aliphatic heterocycles. The van der Waals surface area contributed by atoms with Crippen molar-refractivity contribution in [2.75, 3.05) is 32.1 Å². The second-order valence-electron chi connectivity index (χ2n) is 4.77. The van der Waals surface area contributed by atoms with E-state index in [2.05, 4.69) is 32.6 Å². The Hall–Kier alpha value is -0.740. The van der Waals surface area contributed by atoms with Crippen molar-refractivity contribution in [1.29, 1.82) is 0 Å². The van der Waals surface area contributed by atoms with Gasteiger partial charge in [0.2, 0.25) is 0 Å². The normalized spacial score (nSPS) is 19.6. The standard InChI is InChI=1S/C14H21BrN2O/c1-18-14-5-4-12(15)9-13(14)17-8-6-11-3-2-7-16-10-11/h4-5,9,11,16-17H,2-3,6-8,10H2,1H3. The maximum Gasteiger partial charge on any atom is 0.142 e. The van der Waals surface area contributed by atoms with Crippen molar-refractivity contribution in [3.8, 4) is 5.75 Å². The van der Waals surface area contributed by atoms with E-state index in [9.17, 15) is 0 Å². The molecule has 18 heavy (non-hydrogen) atoms. The molecule has 2 rings (SSSR count). The van der Waals surface area contributed by atoms with Crippen molar-refractivity contribution in [2.45, 2.75) is 19.3 Å². The van der Waals surface area contributed by atoms with Gasteiger partial charge in [-0.1, -0.05) is 15.9 Å². The third kappa shape index (κ3) is 3.89. The minimum Gasteiger partial charge on any atom is -0.495 e. The molecule has 1 fully saturated rings. The molecule has 0 saturated carbocycles. The van der Waals surface area contributed by atoms with Crippen molar-refractivity contribution in [2.24, 2.45) is 5.92 Å². The van der Waals surface area contributed by atoms with Gasteiger partial charge in [0, 0.05) is 11.0 Å². The molecule has 1 aromatic carbocycles. The highest BCUT2D eigenvalue weighted by Gasteiger charge is 2.12. The first-order valence-electron chi connectivity index (χ1n) is 6.57. The number of piperidine rings is 1. The molecule has 1 unspecified atom stereocenters. The summed E-state index contributed by atoms with van der Waals surface area (Å²) < 4.78 is 6.42. The van der Waals surface area contributed by atoms with Crippen molar-refractivity contribution < 1.29 is 4.74 Å². The number of rotatable bonds is 5. The van der Waals surface area contributed by atoms with E-state index < -0.39 is 0 Å². The maximum atomic E-state index is 5.35. The molecule has 0 aliphatic carbocycles. The van der Waals surface area contributed by atoms with Crippen LogP contribution in [0.2, 0.25) is 0 Å². The molecule has 0 bridgehead atoms. The molecule has 1 saturated heterocycles. The molecule has 0 amide bonds. The van der Waals surface area contributed by atoms with Gasteiger partial charge in [0.05, 0.1) is 12.8 Å². The summed E-state index contributed by atoms with van der Waals surface area (Å²) in [5.74, 6) is 1.71. The topological polar surface area (TPSA) is 33.3 Å². The van der Waals surface area contributed by atoms with Gasteiger partial charge >= 0.3 is 0 Å². The number of nitrogens with one attached hydrogen (secondary N) is 2. The minimum atomic E-state index is 0.810. The van der Waals surface area contributed by atoms with Crippen LogP contribution in [0.25, 0.3) is 0 Å². The highest BCUT2D eigenvalue weighted by atomic mass is 79.9. The van der Waals surface area contributed by atoms with Crippen molar-refractivity contribution >= 4 is 21.6 Å². The van der Waals surface area contributed by atoms with E-state index in [1.807, 2.05) is 12.1 Å². The number of ether oxygens (including phenoxy) is 1. The van der Waals surface area contributed by atoms with E-state index in [0.29, 0.717) is 0 Å². The zero-order valence-corrected chi connectivity index (χ0v) is 12.4. The molecule has 4 heteroatoms. The van der Waals surface area contributed by atoms with Gasteiger partial charge in [0.25, 0.3) is 0 Å². The summed E-state index contributed by atoms with van der Waals surface area (Å²) in [6.07, 6.45) is 3.87. The molecule has 1 atom stereocenters. The number of halogens is 1. The fourth-order valence-electron chi connectivity index (χ4n) is 2.40. The summed E-state index contributed by atoms with van der Waals surface area (Å²) in [6, 6.07) is 6.04. The Morgan fingerprint density at radius 2 is 2.39 bits per heavy atom. The fraction of sp³-hybridized carbons (Fsp3) is 0.571. The molecule has 0 radical (unpaired) electrons. The first-order valence-corrected chi connectivity index (χ1v) is 7.37. The van der Waals surface area contributed by atoms with Crippen LogP contribution in [0.1, 0.15) is 19.3 Å². The predicted molar refractivity (Wildman–Crippen MR) is 79.4 cm³/mol. The summed E-state index contributed by atoms with van der Waals surface area (Å²) in [5, 5.41) is 6.92. The Kier molecular flexibility index (Phi) is 5.32. The van der Waals surface area contributed by atoms with Gasteiger partial charge in [-0.3, -0.25) is 0 Å². The predicted octanol–water partition coefficient (Wildman–Crippen LogP) is 3.26. The number of anilines is 1. The summed E-state index contributed by atoms with van der Waals surface area (Å²) in [7, 11) is 1.71. The van der Waals surface area contributed by atoms with E-state index in [-0.39, 0.29) is 0 Å². The molecule has 0 spiro atoms. The van der Waals surface area contributed by atoms with Crippen LogP contribution in [0.5, 0.6) is 5.75 Å².